The van der Waals surface area contributed by atoms with Gasteiger partial charge in [0.05, 0.1) is 6.54 Å². The summed E-state index contributed by atoms with van der Waals surface area (Å²) in [5, 5.41) is 19.4. The summed E-state index contributed by atoms with van der Waals surface area (Å²) in [5.41, 5.74) is 2.10. The molecule has 1 aliphatic rings. The van der Waals surface area contributed by atoms with Crippen molar-refractivity contribution in [1.82, 2.24) is 10.2 Å². The highest BCUT2D eigenvalue weighted by atomic mass is 32.1. The standard InChI is InChI=1S/C23H23N5O3S/c1-15-10-17-11-18(5-6-21(17)31-15)26-23(25-14-24)27-19-4-2-3-8-28(22(19)30)12-20(29)16-7-9-32-13-16/h5-7,9-11,13,19H,2-4,8,12H2,1H3,(H2,25,26,27)/t19-/m0/s1. The van der Waals surface area contributed by atoms with Gasteiger partial charge in [-0.15, -0.1) is 0 Å². The van der Waals surface area contributed by atoms with Crippen molar-refractivity contribution >= 4 is 45.6 Å². The maximum absolute atomic E-state index is 13.1. The third-order valence-corrected chi connectivity index (χ3v) is 5.97. The van der Waals surface area contributed by atoms with Gasteiger partial charge in [-0.05, 0) is 61.9 Å². The van der Waals surface area contributed by atoms with Crippen molar-refractivity contribution in [2.75, 3.05) is 18.4 Å². The molecule has 1 fully saturated rings. The monoisotopic (exact) mass is 449 g/mol. The van der Waals surface area contributed by atoms with Crippen LogP contribution in [0.1, 0.15) is 35.4 Å². The van der Waals surface area contributed by atoms with Gasteiger partial charge in [-0.2, -0.15) is 16.6 Å². The van der Waals surface area contributed by atoms with E-state index in [1.807, 2.05) is 42.8 Å². The number of nitriles is 1. The molecular weight excluding hydrogens is 426 g/mol. The summed E-state index contributed by atoms with van der Waals surface area (Å²) in [6, 6.07) is 8.57. The van der Waals surface area contributed by atoms with E-state index in [1.165, 1.54) is 11.3 Å². The van der Waals surface area contributed by atoms with Gasteiger partial charge in [0, 0.05) is 28.6 Å². The van der Waals surface area contributed by atoms with Crippen molar-refractivity contribution in [3.63, 3.8) is 0 Å². The third-order valence-electron chi connectivity index (χ3n) is 5.29. The van der Waals surface area contributed by atoms with Gasteiger partial charge in [-0.25, -0.2) is 4.99 Å². The Labute approximate surface area is 189 Å². The van der Waals surface area contributed by atoms with Crippen LogP contribution in [-0.2, 0) is 4.79 Å². The van der Waals surface area contributed by atoms with Crippen molar-refractivity contribution in [2.24, 2.45) is 4.99 Å². The van der Waals surface area contributed by atoms with Crippen LogP contribution in [0.4, 0.5) is 5.69 Å². The van der Waals surface area contributed by atoms with Crippen LogP contribution in [0.25, 0.3) is 11.0 Å². The molecule has 0 bridgehead atoms. The Hall–Kier alpha value is -3.64. The number of anilines is 1. The zero-order chi connectivity index (χ0) is 22.5. The number of aryl methyl sites for hydroxylation is 1. The number of carbonyl (C=O) groups is 2. The molecule has 1 aromatic carbocycles. The average Bonchev–Trinajstić information content (AvgIpc) is 3.39. The molecule has 3 heterocycles. The quantitative estimate of drug-likeness (QED) is 0.201. The molecule has 32 heavy (non-hydrogen) atoms. The van der Waals surface area contributed by atoms with Gasteiger partial charge >= 0.3 is 0 Å². The van der Waals surface area contributed by atoms with Gasteiger partial charge in [0.2, 0.25) is 11.9 Å². The minimum Gasteiger partial charge on any atom is -0.461 e. The van der Waals surface area contributed by atoms with Crippen LogP contribution in [0.5, 0.6) is 0 Å². The number of carbonyl (C=O) groups excluding carboxylic acids is 2. The third kappa shape index (κ3) is 4.98. The van der Waals surface area contributed by atoms with E-state index < -0.39 is 6.04 Å². The van der Waals surface area contributed by atoms with Crippen LogP contribution in [0.2, 0.25) is 0 Å². The number of aliphatic imine (C=N–C) groups is 1. The smallest absolute Gasteiger partial charge is 0.247 e. The van der Waals surface area contributed by atoms with Gasteiger partial charge < -0.3 is 14.6 Å². The largest absolute Gasteiger partial charge is 0.461 e. The molecule has 2 N–H and O–H groups in total. The predicted molar refractivity (Wildman–Crippen MR) is 124 cm³/mol. The zero-order valence-corrected chi connectivity index (χ0v) is 18.4. The summed E-state index contributed by atoms with van der Waals surface area (Å²) in [4.78, 5) is 31.7. The number of amides is 1. The second kappa shape index (κ2) is 9.66. The molecule has 0 radical (unpaired) electrons. The van der Waals surface area contributed by atoms with E-state index in [1.54, 1.807) is 16.3 Å². The van der Waals surface area contributed by atoms with Crippen LogP contribution in [0, 0.1) is 18.4 Å². The molecule has 0 unspecified atom stereocenters. The normalized spacial score (nSPS) is 17.1. The Balaban J connectivity index is 1.52. The number of fused-ring (bicyclic) bond motifs is 1. The first-order chi connectivity index (χ1) is 15.5. The number of guanidine groups is 1. The van der Waals surface area contributed by atoms with E-state index in [-0.39, 0.29) is 24.2 Å². The maximum atomic E-state index is 13.1. The molecule has 1 saturated heterocycles. The summed E-state index contributed by atoms with van der Waals surface area (Å²) in [7, 11) is 0. The van der Waals surface area contributed by atoms with Crippen LogP contribution in [-0.4, -0.2) is 41.7 Å². The van der Waals surface area contributed by atoms with Crippen molar-refractivity contribution in [3.8, 4) is 6.19 Å². The van der Waals surface area contributed by atoms with E-state index in [0.29, 0.717) is 24.2 Å². The highest BCUT2D eigenvalue weighted by molar-refractivity contribution is 7.08. The fraction of sp³-hybridized carbons (Fsp3) is 0.304. The van der Waals surface area contributed by atoms with Crippen molar-refractivity contribution < 1.29 is 14.0 Å². The molecule has 3 aromatic rings. The lowest BCUT2D eigenvalue weighted by atomic mass is 10.1. The Bertz CT molecular complexity index is 1190. The second-order valence-electron chi connectivity index (χ2n) is 7.66. The highest BCUT2D eigenvalue weighted by Gasteiger charge is 2.28. The lowest BCUT2D eigenvalue weighted by Crippen LogP contribution is -2.41. The minimum absolute atomic E-state index is 0.0343. The number of thiophene rings is 1. The van der Waals surface area contributed by atoms with Crippen molar-refractivity contribution in [2.45, 2.75) is 32.2 Å². The zero-order valence-electron chi connectivity index (χ0n) is 17.6. The summed E-state index contributed by atoms with van der Waals surface area (Å²) < 4.78 is 5.59. The first-order valence-corrected chi connectivity index (χ1v) is 11.3. The lowest BCUT2D eigenvalue weighted by molar-refractivity contribution is -0.131. The molecule has 1 aliphatic heterocycles. The number of ketones is 1. The Morgan fingerprint density at radius 2 is 2.22 bits per heavy atom. The molecule has 8 nitrogen and oxygen atoms in total. The number of hydrogen-bond acceptors (Lipinski definition) is 6. The van der Waals surface area contributed by atoms with Crippen LogP contribution >= 0.6 is 11.3 Å². The topological polar surface area (TPSA) is 111 Å². The fourth-order valence-electron chi connectivity index (χ4n) is 3.74. The summed E-state index contributed by atoms with van der Waals surface area (Å²) in [6.45, 7) is 2.43. The van der Waals surface area contributed by atoms with E-state index in [0.717, 1.165) is 29.6 Å². The predicted octanol–water partition coefficient (Wildman–Crippen LogP) is 3.91. The fourth-order valence-corrected chi connectivity index (χ4v) is 4.40. The molecule has 0 saturated carbocycles. The van der Waals surface area contributed by atoms with E-state index in [2.05, 4.69) is 15.6 Å². The molecular formula is C23H23N5O3S. The van der Waals surface area contributed by atoms with Crippen LogP contribution in [0.3, 0.4) is 0 Å². The minimum atomic E-state index is -0.670. The number of Topliss-reactive ketones (excluding diaryl/α,β-unsaturated/α-hetero) is 1. The number of rotatable bonds is 5. The molecule has 1 amide bonds. The number of benzene rings is 1. The molecule has 9 heteroatoms. The van der Waals surface area contributed by atoms with E-state index in [9.17, 15) is 14.9 Å². The van der Waals surface area contributed by atoms with Crippen LogP contribution in [0.15, 0.2) is 50.5 Å². The number of likely N-dealkylation sites (tertiary alicyclic amines) is 1. The van der Waals surface area contributed by atoms with Crippen molar-refractivity contribution in [3.05, 3.63) is 52.4 Å². The summed E-state index contributed by atoms with van der Waals surface area (Å²) in [6.07, 6.45) is 4.04. The van der Waals surface area contributed by atoms with Crippen LogP contribution < -0.4 is 10.6 Å². The number of hydrogen-bond donors (Lipinski definition) is 2. The molecule has 164 valence electrons. The van der Waals surface area contributed by atoms with E-state index in [4.69, 9.17) is 4.42 Å². The average molecular weight is 450 g/mol. The van der Waals surface area contributed by atoms with Gasteiger partial charge in [0.1, 0.15) is 17.4 Å². The van der Waals surface area contributed by atoms with Gasteiger partial charge in [-0.3, -0.25) is 14.9 Å². The molecule has 0 spiro atoms. The molecule has 0 aliphatic carbocycles. The van der Waals surface area contributed by atoms with E-state index >= 15 is 0 Å². The molecule has 1 atom stereocenters. The SMILES string of the molecule is Cc1cc2cc(NC(=N[C@H]3CCCCN(CC(=O)c4ccsc4)C3=O)NC#N)ccc2o1. The summed E-state index contributed by atoms with van der Waals surface area (Å²) in [5.74, 6) is 0.714. The first kappa shape index (κ1) is 21.6. The number of nitrogens with zero attached hydrogens (tertiary/aromatic N) is 3. The number of nitrogens with one attached hydrogen (secondary N) is 2. The summed E-state index contributed by atoms with van der Waals surface area (Å²) >= 11 is 1.45. The van der Waals surface area contributed by atoms with Gasteiger partial charge in [0.15, 0.2) is 12.0 Å². The maximum Gasteiger partial charge on any atom is 0.247 e. The molecule has 4 rings (SSSR count). The second-order valence-corrected chi connectivity index (χ2v) is 8.44. The molecule has 2 aromatic heterocycles. The highest BCUT2D eigenvalue weighted by Crippen LogP contribution is 2.23. The van der Waals surface area contributed by atoms with Crippen molar-refractivity contribution in [1.29, 1.82) is 5.26 Å². The Morgan fingerprint density at radius 1 is 1.34 bits per heavy atom. The Morgan fingerprint density at radius 3 is 3.00 bits per heavy atom. The Kier molecular flexibility index (Phi) is 6.52. The number of furan rings is 1. The van der Waals surface area contributed by atoms with Gasteiger partial charge in [0.25, 0.3) is 0 Å². The first-order valence-electron chi connectivity index (χ1n) is 10.4. The lowest BCUT2D eigenvalue weighted by Gasteiger charge is -2.22. The van der Waals surface area contributed by atoms with Gasteiger partial charge in [-0.1, -0.05) is 0 Å².